The average Bonchev–Trinajstić information content (AvgIpc) is 3.08. The third kappa shape index (κ3) is 2.15. The van der Waals surface area contributed by atoms with Crippen molar-refractivity contribution in [3.63, 3.8) is 0 Å². The van der Waals surface area contributed by atoms with Crippen molar-refractivity contribution < 1.29 is 4.52 Å². The van der Waals surface area contributed by atoms with E-state index in [1.165, 1.54) is 27.7 Å². The lowest BCUT2D eigenvalue weighted by atomic mass is 10.0. The molecule has 3 heterocycles. The highest BCUT2D eigenvalue weighted by Crippen LogP contribution is 2.28. The Morgan fingerprint density at radius 2 is 2.18 bits per heavy atom. The summed E-state index contributed by atoms with van der Waals surface area (Å²) in [7, 11) is 0. The van der Waals surface area contributed by atoms with Gasteiger partial charge in [-0.25, -0.2) is 0 Å². The first-order chi connectivity index (χ1) is 10.8. The minimum absolute atomic E-state index is 0.924. The summed E-state index contributed by atoms with van der Waals surface area (Å²) in [6.45, 7) is 7.13. The summed E-state index contributed by atoms with van der Waals surface area (Å²) in [5, 5.41) is 5.55. The van der Waals surface area contributed by atoms with Crippen LogP contribution in [0.5, 0.6) is 0 Å². The van der Waals surface area contributed by atoms with Gasteiger partial charge in [0.1, 0.15) is 5.76 Å². The van der Waals surface area contributed by atoms with Crippen molar-refractivity contribution in [1.29, 1.82) is 0 Å². The molecule has 4 heteroatoms. The van der Waals surface area contributed by atoms with Crippen LogP contribution in [0.2, 0.25) is 0 Å². The molecule has 1 aliphatic rings. The van der Waals surface area contributed by atoms with E-state index in [0.29, 0.717) is 0 Å². The van der Waals surface area contributed by atoms with E-state index >= 15 is 0 Å². The Bertz CT molecular complexity index is 815. The molecule has 0 amide bonds. The van der Waals surface area contributed by atoms with Gasteiger partial charge in [-0.05, 0) is 31.4 Å². The van der Waals surface area contributed by atoms with E-state index in [2.05, 4.69) is 46.2 Å². The number of H-pyrrole nitrogens is 1. The summed E-state index contributed by atoms with van der Waals surface area (Å²) in [6.07, 6.45) is 2.03. The third-order valence-electron chi connectivity index (χ3n) is 4.74. The van der Waals surface area contributed by atoms with Gasteiger partial charge in [0.25, 0.3) is 0 Å². The van der Waals surface area contributed by atoms with Crippen molar-refractivity contribution in [1.82, 2.24) is 15.0 Å². The normalized spacial score (nSPS) is 15.4. The van der Waals surface area contributed by atoms with E-state index in [1.807, 2.05) is 6.92 Å². The minimum atomic E-state index is 0.924. The average molecular weight is 295 g/mol. The smallest absolute Gasteiger partial charge is 0.138 e. The molecule has 0 atom stereocenters. The van der Waals surface area contributed by atoms with Crippen LogP contribution in [0, 0.1) is 6.92 Å². The van der Waals surface area contributed by atoms with E-state index < -0.39 is 0 Å². The van der Waals surface area contributed by atoms with Gasteiger partial charge in [-0.1, -0.05) is 30.3 Å². The van der Waals surface area contributed by atoms with Crippen molar-refractivity contribution in [3.8, 4) is 0 Å². The molecule has 2 aromatic heterocycles. The summed E-state index contributed by atoms with van der Waals surface area (Å²) in [4.78, 5) is 6.07. The van der Waals surface area contributed by atoms with Crippen LogP contribution >= 0.6 is 0 Å². The number of nitrogens with one attached hydrogen (secondary N) is 1. The number of hydrogen-bond donors (Lipinski definition) is 1. The second-order valence-corrected chi connectivity index (χ2v) is 6.11. The summed E-state index contributed by atoms with van der Waals surface area (Å²) in [6, 6.07) is 8.60. The molecule has 0 unspecified atom stereocenters. The van der Waals surface area contributed by atoms with Crippen LogP contribution in [0.3, 0.4) is 0 Å². The highest BCUT2D eigenvalue weighted by atomic mass is 16.5. The Morgan fingerprint density at radius 3 is 3.05 bits per heavy atom. The van der Waals surface area contributed by atoms with Gasteiger partial charge < -0.3 is 9.51 Å². The van der Waals surface area contributed by atoms with Gasteiger partial charge in [0.2, 0.25) is 0 Å². The second kappa shape index (κ2) is 5.29. The van der Waals surface area contributed by atoms with Crippen LogP contribution in [-0.2, 0) is 25.9 Å². The number of fused-ring (bicyclic) bond motifs is 3. The first-order valence-corrected chi connectivity index (χ1v) is 8.01. The standard InChI is InChI=1S/C18H21N3O/c1-3-16-15(12(2)22-20-16)10-21-9-8-14-13-6-4-5-7-17(13)19-18(14)11-21/h4-7,19H,3,8-11H2,1-2H3. The number of aromatic amines is 1. The van der Waals surface area contributed by atoms with Crippen LogP contribution in [0.1, 0.15) is 35.2 Å². The summed E-state index contributed by atoms with van der Waals surface area (Å²) < 4.78 is 5.36. The van der Waals surface area contributed by atoms with Gasteiger partial charge in [0, 0.05) is 41.8 Å². The zero-order valence-corrected chi connectivity index (χ0v) is 13.1. The lowest BCUT2D eigenvalue weighted by Crippen LogP contribution is -2.30. The summed E-state index contributed by atoms with van der Waals surface area (Å²) in [5.74, 6) is 0.958. The van der Waals surface area contributed by atoms with E-state index in [-0.39, 0.29) is 0 Å². The molecule has 0 bridgehead atoms. The van der Waals surface area contributed by atoms with Gasteiger partial charge in [-0.3, -0.25) is 4.90 Å². The molecule has 114 valence electrons. The van der Waals surface area contributed by atoms with Gasteiger partial charge in [0.05, 0.1) is 5.69 Å². The molecule has 22 heavy (non-hydrogen) atoms. The molecule has 0 saturated heterocycles. The maximum absolute atomic E-state index is 5.36. The molecule has 4 nitrogen and oxygen atoms in total. The van der Waals surface area contributed by atoms with Crippen molar-refractivity contribution in [2.24, 2.45) is 0 Å². The highest BCUT2D eigenvalue weighted by molar-refractivity contribution is 5.84. The predicted molar refractivity (Wildman–Crippen MR) is 86.7 cm³/mol. The van der Waals surface area contributed by atoms with Crippen molar-refractivity contribution in [3.05, 3.63) is 52.5 Å². The SMILES string of the molecule is CCc1noc(C)c1CN1CCc2c([nH]c3ccccc23)C1. The zero-order chi connectivity index (χ0) is 15.1. The van der Waals surface area contributed by atoms with E-state index in [1.54, 1.807) is 0 Å². The number of aromatic nitrogens is 2. The van der Waals surface area contributed by atoms with Crippen molar-refractivity contribution in [2.45, 2.75) is 39.8 Å². The zero-order valence-electron chi connectivity index (χ0n) is 13.1. The summed E-state index contributed by atoms with van der Waals surface area (Å²) in [5.41, 5.74) is 6.47. The number of rotatable bonds is 3. The maximum Gasteiger partial charge on any atom is 0.138 e. The van der Waals surface area contributed by atoms with Gasteiger partial charge in [0.15, 0.2) is 0 Å². The van der Waals surface area contributed by atoms with Crippen molar-refractivity contribution in [2.75, 3.05) is 6.54 Å². The molecule has 1 N–H and O–H groups in total. The first-order valence-electron chi connectivity index (χ1n) is 8.01. The Balaban J connectivity index is 1.60. The molecule has 1 aliphatic heterocycles. The van der Waals surface area contributed by atoms with Gasteiger partial charge in [-0.2, -0.15) is 0 Å². The van der Waals surface area contributed by atoms with Gasteiger partial charge >= 0.3 is 0 Å². The van der Waals surface area contributed by atoms with Gasteiger partial charge in [-0.15, -0.1) is 0 Å². The van der Waals surface area contributed by atoms with E-state index in [4.69, 9.17) is 4.52 Å². The molecule has 3 aromatic rings. The monoisotopic (exact) mass is 295 g/mol. The fraction of sp³-hybridized carbons (Fsp3) is 0.389. The molecular formula is C18H21N3O. The maximum atomic E-state index is 5.36. The van der Waals surface area contributed by atoms with E-state index in [9.17, 15) is 0 Å². The largest absolute Gasteiger partial charge is 0.361 e. The lowest BCUT2D eigenvalue weighted by molar-refractivity contribution is 0.241. The first kappa shape index (κ1) is 13.6. The predicted octanol–water partition coefficient (Wildman–Crippen LogP) is 3.59. The lowest BCUT2D eigenvalue weighted by Gasteiger charge is -2.26. The van der Waals surface area contributed by atoms with Crippen LogP contribution in [0.15, 0.2) is 28.8 Å². The fourth-order valence-electron chi connectivity index (χ4n) is 3.52. The van der Waals surface area contributed by atoms with E-state index in [0.717, 1.165) is 43.9 Å². The fourth-order valence-corrected chi connectivity index (χ4v) is 3.52. The minimum Gasteiger partial charge on any atom is -0.361 e. The Kier molecular flexibility index (Phi) is 3.26. The molecule has 1 aromatic carbocycles. The molecule has 4 rings (SSSR count). The molecule has 0 aliphatic carbocycles. The molecule has 0 spiro atoms. The molecule has 0 fully saturated rings. The summed E-state index contributed by atoms with van der Waals surface area (Å²) >= 11 is 0. The topological polar surface area (TPSA) is 45.1 Å². The quantitative estimate of drug-likeness (QED) is 0.803. The molecule has 0 saturated carbocycles. The number of aryl methyl sites for hydroxylation is 2. The number of hydrogen-bond acceptors (Lipinski definition) is 3. The highest BCUT2D eigenvalue weighted by Gasteiger charge is 2.22. The molecular weight excluding hydrogens is 274 g/mol. The van der Waals surface area contributed by atoms with Crippen molar-refractivity contribution >= 4 is 10.9 Å². The van der Waals surface area contributed by atoms with Crippen LogP contribution in [0.25, 0.3) is 10.9 Å². The van der Waals surface area contributed by atoms with Crippen LogP contribution < -0.4 is 0 Å². The number of nitrogens with zero attached hydrogens (tertiary/aromatic N) is 2. The van der Waals surface area contributed by atoms with Crippen LogP contribution in [-0.4, -0.2) is 21.6 Å². The molecule has 0 radical (unpaired) electrons. The Labute approximate surface area is 130 Å². The number of para-hydroxylation sites is 1. The third-order valence-corrected chi connectivity index (χ3v) is 4.74. The van der Waals surface area contributed by atoms with Crippen LogP contribution in [0.4, 0.5) is 0 Å². The Morgan fingerprint density at radius 1 is 1.32 bits per heavy atom. The Hall–Kier alpha value is -2.07. The second-order valence-electron chi connectivity index (χ2n) is 6.11. The number of benzene rings is 1.